The van der Waals surface area contributed by atoms with Crippen LogP contribution in [0.3, 0.4) is 0 Å². The van der Waals surface area contributed by atoms with Gasteiger partial charge in [0.1, 0.15) is 12.4 Å². The Kier molecular flexibility index (Phi) is 3.57. The molecule has 0 bridgehead atoms. The Labute approximate surface area is 80.9 Å². The highest BCUT2D eigenvalue weighted by Gasteiger charge is 2.10. The monoisotopic (exact) mass is 201 g/mol. The quantitative estimate of drug-likeness (QED) is 0.736. The van der Waals surface area contributed by atoms with Gasteiger partial charge < -0.3 is 10.8 Å². The van der Waals surface area contributed by atoms with Crippen LogP contribution in [0.2, 0.25) is 0 Å². The lowest BCUT2D eigenvalue weighted by atomic mass is 10.1. The Morgan fingerprint density at radius 1 is 1.62 bits per heavy atom. The molecule has 4 heteroatoms. The lowest BCUT2D eigenvalue weighted by molar-refractivity contribution is 0.414. The molecule has 0 saturated carbocycles. The van der Waals surface area contributed by atoms with E-state index in [-0.39, 0.29) is 5.75 Å². The normalized spacial score (nSPS) is 12.8. The predicted molar refractivity (Wildman–Crippen MR) is 52.8 cm³/mol. The number of benzene rings is 1. The van der Waals surface area contributed by atoms with Crippen LogP contribution in [0.4, 0.5) is 4.39 Å². The van der Waals surface area contributed by atoms with E-state index in [1.165, 1.54) is 17.8 Å². The van der Waals surface area contributed by atoms with Gasteiger partial charge in [0, 0.05) is 10.5 Å². The van der Waals surface area contributed by atoms with Gasteiger partial charge in [-0.05, 0) is 24.5 Å². The number of halogens is 1. The Morgan fingerprint density at radius 3 is 2.85 bits per heavy atom. The molecule has 1 aromatic rings. The number of thioether (sulfide) groups is 1. The van der Waals surface area contributed by atoms with Crippen molar-refractivity contribution in [2.75, 3.05) is 12.9 Å². The summed E-state index contributed by atoms with van der Waals surface area (Å²) in [6.07, 6.45) is 1.91. The van der Waals surface area contributed by atoms with Crippen molar-refractivity contribution in [1.29, 1.82) is 0 Å². The topological polar surface area (TPSA) is 46.2 Å². The summed E-state index contributed by atoms with van der Waals surface area (Å²) in [6, 6.07) is 4.29. The van der Waals surface area contributed by atoms with Crippen LogP contribution in [0.25, 0.3) is 0 Å². The number of rotatable bonds is 3. The van der Waals surface area contributed by atoms with Crippen LogP contribution in [0.5, 0.6) is 5.75 Å². The van der Waals surface area contributed by atoms with Gasteiger partial charge in [-0.3, -0.25) is 0 Å². The molecule has 0 aliphatic carbocycles. The van der Waals surface area contributed by atoms with E-state index in [1.807, 2.05) is 6.26 Å². The Balaban J connectivity index is 3.03. The van der Waals surface area contributed by atoms with Crippen molar-refractivity contribution in [2.45, 2.75) is 10.9 Å². The first-order chi connectivity index (χ1) is 6.19. The standard InChI is InChI=1S/C9H12FNOS/c1-13-6-2-3-9(12)7(4-6)8(11)5-10/h2-4,8,12H,5,11H2,1H3. The van der Waals surface area contributed by atoms with E-state index in [1.54, 1.807) is 12.1 Å². The molecule has 0 fully saturated rings. The number of phenolic OH excluding ortho intramolecular Hbond substituents is 1. The number of alkyl halides is 1. The Bertz CT molecular complexity index is 293. The summed E-state index contributed by atoms with van der Waals surface area (Å²) in [5, 5.41) is 9.38. The minimum atomic E-state index is -0.730. The summed E-state index contributed by atoms with van der Waals surface area (Å²) >= 11 is 1.53. The summed E-state index contributed by atoms with van der Waals surface area (Å²) in [7, 11) is 0. The largest absolute Gasteiger partial charge is 0.508 e. The number of aromatic hydroxyl groups is 1. The molecule has 1 unspecified atom stereocenters. The molecule has 72 valence electrons. The molecule has 1 rings (SSSR count). The van der Waals surface area contributed by atoms with E-state index in [0.717, 1.165) is 4.90 Å². The van der Waals surface area contributed by atoms with E-state index < -0.39 is 12.7 Å². The van der Waals surface area contributed by atoms with E-state index in [9.17, 15) is 9.50 Å². The van der Waals surface area contributed by atoms with Gasteiger partial charge in [0.15, 0.2) is 0 Å². The SMILES string of the molecule is CSc1ccc(O)c(C(N)CF)c1. The number of hydrogen-bond acceptors (Lipinski definition) is 3. The zero-order chi connectivity index (χ0) is 9.84. The zero-order valence-corrected chi connectivity index (χ0v) is 8.14. The maximum Gasteiger partial charge on any atom is 0.120 e. The van der Waals surface area contributed by atoms with Crippen molar-refractivity contribution >= 4 is 11.8 Å². The van der Waals surface area contributed by atoms with Gasteiger partial charge in [-0.2, -0.15) is 0 Å². The van der Waals surface area contributed by atoms with Gasteiger partial charge in [-0.15, -0.1) is 11.8 Å². The van der Waals surface area contributed by atoms with Gasteiger partial charge in [0.05, 0.1) is 6.04 Å². The molecular formula is C9H12FNOS. The fourth-order valence-corrected chi connectivity index (χ4v) is 1.49. The fraction of sp³-hybridized carbons (Fsp3) is 0.333. The summed E-state index contributed by atoms with van der Waals surface area (Å²) < 4.78 is 12.2. The van der Waals surface area contributed by atoms with Crippen molar-refractivity contribution in [3.05, 3.63) is 23.8 Å². The molecule has 3 N–H and O–H groups in total. The molecule has 0 radical (unpaired) electrons. The highest BCUT2D eigenvalue weighted by Crippen LogP contribution is 2.27. The summed E-state index contributed by atoms with van der Waals surface area (Å²) in [6.45, 7) is -0.661. The summed E-state index contributed by atoms with van der Waals surface area (Å²) in [5.41, 5.74) is 5.94. The maximum atomic E-state index is 12.2. The van der Waals surface area contributed by atoms with Crippen molar-refractivity contribution < 1.29 is 9.50 Å². The number of nitrogens with two attached hydrogens (primary N) is 1. The minimum absolute atomic E-state index is 0.0583. The first-order valence-electron chi connectivity index (χ1n) is 3.87. The minimum Gasteiger partial charge on any atom is -0.508 e. The molecule has 0 aliphatic rings. The number of phenols is 1. The van der Waals surface area contributed by atoms with Crippen molar-refractivity contribution in [3.63, 3.8) is 0 Å². The van der Waals surface area contributed by atoms with Gasteiger partial charge in [-0.25, -0.2) is 4.39 Å². The predicted octanol–water partition coefficient (Wildman–Crippen LogP) is 2.08. The molecule has 0 spiro atoms. The third-order valence-corrected chi connectivity index (χ3v) is 2.53. The second kappa shape index (κ2) is 4.48. The first-order valence-corrected chi connectivity index (χ1v) is 5.10. The highest BCUT2D eigenvalue weighted by molar-refractivity contribution is 7.98. The van der Waals surface area contributed by atoms with E-state index in [2.05, 4.69) is 0 Å². The maximum absolute atomic E-state index is 12.2. The van der Waals surface area contributed by atoms with Crippen LogP contribution in [0.15, 0.2) is 23.1 Å². The molecule has 13 heavy (non-hydrogen) atoms. The van der Waals surface area contributed by atoms with E-state index in [4.69, 9.17) is 5.73 Å². The molecule has 1 atom stereocenters. The summed E-state index contributed by atoms with van der Waals surface area (Å²) in [5.74, 6) is 0.0583. The van der Waals surface area contributed by atoms with Crippen molar-refractivity contribution in [2.24, 2.45) is 5.73 Å². The van der Waals surface area contributed by atoms with Gasteiger partial charge >= 0.3 is 0 Å². The Morgan fingerprint density at radius 2 is 2.31 bits per heavy atom. The van der Waals surface area contributed by atoms with Gasteiger partial charge in [-0.1, -0.05) is 0 Å². The highest BCUT2D eigenvalue weighted by atomic mass is 32.2. The summed E-state index contributed by atoms with van der Waals surface area (Å²) in [4.78, 5) is 0.969. The lowest BCUT2D eigenvalue weighted by Crippen LogP contribution is -2.12. The van der Waals surface area contributed by atoms with Crippen LogP contribution < -0.4 is 5.73 Å². The smallest absolute Gasteiger partial charge is 0.120 e. The van der Waals surface area contributed by atoms with Crippen LogP contribution in [-0.4, -0.2) is 18.0 Å². The first kappa shape index (κ1) is 10.3. The van der Waals surface area contributed by atoms with Gasteiger partial charge in [0.2, 0.25) is 0 Å². The molecule has 0 saturated heterocycles. The molecule has 0 amide bonds. The van der Waals surface area contributed by atoms with Crippen LogP contribution in [-0.2, 0) is 0 Å². The fourth-order valence-electron chi connectivity index (χ4n) is 1.04. The van der Waals surface area contributed by atoms with Crippen LogP contribution in [0, 0.1) is 0 Å². The van der Waals surface area contributed by atoms with Crippen molar-refractivity contribution in [1.82, 2.24) is 0 Å². The second-order valence-electron chi connectivity index (χ2n) is 2.69. The van der Waals surface area contributed by atoms with E-state index >= 15 is 0 Å². The third kappa shape index (κ3) is 2.35. The molecule has 2 nitrogen and oxygen atoms in total. The molecule has 0 aliphatic heterocycles. The zero-order valence-electron chi connectivity index (χ0n) is 7.33. The Hall–Kier alpha value is -0.740. The number of hydrogen-bond donors (Lipinski definition) is 2. The molecule has 0 aromatic heterocycles. The molecule has 1 aromatic carbocycles. The second-order valence-corrected chi connectivity index (χ2v) is 3.57. The van der Waals surface area contributed by atoms with Crippen LogP contribution in [0.1, 0.15) is 11.6 Å². The average molecular weight is 201 g/mol. The molecule has 0 heterocycles. The third-order valence-electron chi connectivity index (χ3n) is 1.80. The van der Waals surface area contributed by atoms with Crippen LogP contribution >= 0.6 is 11.8 Å². The van der Waals surface area contributed by atoms with Crippen molar-refractivity contribution in [3.8, 4) is 5.75 Å². The lowest BCUT2D eigenvalue weighted by Gasteiger charge is -2.10. The van der Waals surface area contributed by atoms with Gasteiger partial charge in [0.25, 0.3) is 0 Å². The average Bonchev–Trinajstić information content (AvgIpc) is 2.17. The molecular weight excluding hydrogens is 189 g/mol. The van der Waals surface area contributed by atoms with E-state index in [0.29, 0.717) is 5.56 Å².